The van der Waals surface area contributed by atoms with Crippen LogP contribution in [-0.4, -0.2) is 0 Å². The summed E-state index contributed by atoms with van der Waals surface area (Å²) in [6, 6.07) is 89.7. The molecule has 1 nitrogen and oxygen atoms in total. The van der Waals surface area contributed by atoms with E-state index in [1.54, 1.807) is 0 Å². The van der Waals surface area contributed by atoms with E-state index in [9.17, 15) is 0 Å². The summed E-state index contributed by atoms with van der Waals surface area (Å²) in [4.78, 5) is 2.45. The number of para-hydroxylation sites is 1. The topological polar surface area (TPSA) is 3.24 Å². The van der Waals surface area contributed by atoms with Gasteiger partial charge in [-0.25, -0.2) is 0 Å². The Hall–Kier alpha value is -8.00. The highest BCUT2D eigenvalue weighted by molar-refractivity contribution is 6.02. The SMILES string of the molecule is CCC1(c2cccc3ccccc23)c2ccccc2-c2c(-c3ccccc3N(c3ccc(-c4cccc5ccccc45)cc3)c3ccc(-c4cccc5ccccc45)cc3)cccc21. The van der Waals surface area contributed by atoms with E-state index in [-0.39, 0.29) is 5.41 Å². The first-order valence-corrected chi connectivity index (χ1v) is 22.5. The maximum Gasteiger partial charge on any atom is 0.0540 e. The Morgan fingerprint density at radius 3 is 1.33 bits per heavy atom. The highest BCUT2D eigenvalue weighted by Gasteiger charge is 2.45. The van der Waals surface area contributed by atoms with Crippen molar-refractivity contribution in [1.82, 2.24) is 0 Å². The van der Waals surface area contributed by atoms with Crippen LogP contribution in [0.2, 0.25) is 0 Å². The lowest BCUT2D eigenvalue weighted by Gasteiger charge is -2.33. The molecular weight excluding hydrogens is 771 g/mol. The zero-order valence-electron chi connectivity index (χ0n) is 35.7. The molecule has 302 valence electrons. The van der Waals surface area contributed by atoms with Crippen LogP contribution < -0.4 is 4.90 Å². The van der Waals surface area contributed by atoms with Crippen molar-refractivity contribution in [2.75, 3.05) is 4.90 Å². The van der Waals surface area contributed by atoms with Crippen LogP contribution in [0.3, 0.4) is 0 Å². The van der Waals surface area contributed by atoms with Crippen molar-refractivity contribution in [3.63, 3.8) is 0 Å². The summed E-state index contributed by atoms with van der Waals surface area (Å²) in [6.45, 7) is 2.36. The van der Waals surface area contributed by atoms with Gasteiger partial charge in [0.25, 0.3) is 0 Å². The van der Waals surface area contributed by atoms with E-state index in [0.717, 1.165) is 23.5 Å². The number of fused-ring (bicyclic) bond motifs is 6. The smallest absolute Gasteiger partial charge is 0.0540 e. The average Bonchev–Trinajstić information content (AvgIpc) is 3.67. The van der Waals surface area contributed by atoms with Gasteiger partial charge >= 0.3 is 0 Å². The van der Waals surface area contributed by atoms with Crippen molar-refractivity contribution in [3.8, 4) is 44.5 Å². The molecule has 11 aromatic carbocycles. The van der Waals surface area contributed by atoms with Crippen molar-refractivity contribution in [2.24, 2.45) is 0 Å². The summed E-state index contributed by atoms with van der Waals surface area (Å²) >= 11 is 0. The van der Waals surface area contributed by atoms with Crippen LogP contribution in [0, 0.1) is 0 Å². The fourth-order valence-corrected chi connectivity index (χ4v) is 11.0. The van der Waals surface area contributed by atoms with Crippen molar-refractivity contribution < 1.29 is 0 Å². The van der Waals surface area contributed by atoms with Crippen LogP contribution in [0.1, 0.15) is 30.0 Å². The van der Waals surface area contributed by atoms with Crippen LogP contribution in [0.15, 0.2) is 243 Å². The van der Waals surface area contributed by atoms with Crippen LogP contribution in [-0.2, 0) is 5.41 Å². The normalized spacial score (nSPS) is 14.1. The second kappa shape index (κ2) is 15.4. The molecule has 1 aliphatic rings. The molecule has 0 amide bonds. The van der Waals surface area contributed by atoms with Crippen molar-refractivity contribution in [3.05, 3.63) is 259 Å². The number of benzene rings is 11. The third-order valence-corrected chi connectivity index (χ3v) is 13.8. The van der Waals surface area contributed by atoms with Gasteiger partial charge in [0, 0.05) is 22.4 Å². The zero-order valence-corrected chi connectivity index (χ0v) is 35.7. The predicted octanol–water partition coefficient (Wildman–Crippen LogP) is 17.3. The minimum atomic E-state index is -0.313. The van der Waals surface area contributed by atoms with Crippen LogP contribution in [0.4, 0.5) is 17.1 Å². The van der Waals surface area contributed by atoms with E-state index in [1.165, 1.54) is 93.5 Å². The van der Waals surface area contributed by atoms with Gasteiger partial charge in [0.05, 0.1) is 5.69 Å². The molecule has 0 spiro atoms. The summed E-state index contributed by atoms with van der Waals surface area (Å²) in [5.41, 5.74) is 17.0. The number of rotatable bonds is 8. The first-order chi connectivity index (χ1) is 31.7. The molecule has 0 saturated heterocycles. The molecule has 1 heteroatoms. The molecule has 1 unspecified atom stereocenters. The molecule has 0 aromatic heterocycles. The molecular formula is C63H45N. The molecule has 1 aliphatic carbocycles. The summed E-state index contributed by atoms with van der Waals surface area (Å²) in [6.07, 6.45) is 0.939. The van der Waals surface area contributed by atoms with Gasteiger partial charge < -0.3 is 4.90 Å². The molecule has 0 bridgehead atoms. The lowest BCUT2D eigenvalue weighted by Crippen LogP contribution is -2.26. The summed E-state index contributed by atoms with van der Waals surface area (Å²) in [5.74, 6) is 0. The molecule has 12 rings (SSSR count). The van der Waals surface area contributed by atoms with Gasteiger partial charge in [0.15, 0.2) is 0 Å². The maximum absolute atomic E-state index is 2.45. The second-order valence-corrected chi connectivity index (χ2v) is 17.1. The van der Waals surface area contributed by atoms with E-state index in [0.29, 0.717) is 0 Å². The number of hydrogen-bond donors (Lipinski definition) is 0. The Labute approximate surface area is 375 Å². The Morgan fingerprint density at radius 1 is 0.312 bits per heavy atom. The van der Waals surface area contributed by atoms with E-state index in [1.807, 2.05) is 0 Å². The minimum absolute atomic E-state index is 0.313. The fraction of sp³-hybridized carbons (Fsp3) is 0.0476. The zero-order chi connectivity index (χ0) is 42.6. The Morgan fingerprint density at radius 2 is 0.719 bits per heavy atom. The fourth-order valence-electron chi connectivity index (χ4n) is 11.0. The lowest BCUT2D eigenvalue weighted by molar-refractivity contribution is 0.614. The summed E-state index contributed by atoms with van der Waals surface area (Å²) in [7, 11) is 0. The van der Waals surface area contributed by atoms with Gasteiger partial charge in [-0.2, -0.15) is 0 Å². The van der Waals surface area contributed by atoms with Gasteiger partial charge in [0.1, 0.15) is 0 Å². The molecule has 11 aromatic rings. The van der Waals surface area contributed by atoms with E-state index >= 15 is 0 Å². The molecule has 1 atom stereocenters. The highest BCUT2D eigenvalue weighted by atomic mass is 15.1. The summed E-state index contributed by atoms with van der Waals surface area (Å²) in [5, 5.41) is 7.59. The lowest BCUT2D eigenvalue weighted by atomic mass is 9.69. The monoisotopic (exact) mass is 815 g/mol. The second-order valence-electron chi connectivity index (χ2n) is 17.1. The third kappa shape index (κ3) is 5.93. The van der Waals surface area contributed by atoms with Crippen LogP contribution >= 0.6 is 0 Å². The number of nitrogens with zero attached hydrogens (tertiary/aromatic N) is 1. The molecule has 64 heavy (non-hydrogen) atoms. The third-order valence-electron chi connectivity index (χ3n) is 13.8. The molecule has 0 N–H and O–H groups in total. The summed E-state index contributed by atoms with van der Waals surface area (Å²) < 4.78 is 0. The Bertz CT molecular complexity index is 3400. The van der Waals surface area contributed by atoms with Crippen molar-refractivity contribution in [1.29, 1.82) is 0 Å². The maximum atomic E-state index is 2.45. The molecule has 0 fully saturated rings. The Kier molecular flexibility index (Phi) is 9.09. The van der Waals surface area contributed by atoms with Crippen LogP contribution in [0.5, 0.6) is 0 Å². The molecule has 0 radical (unpaired) electrons. The minimum Gasteiger partial charge on any atom is -0.310 e. The van der Waals surface area contributed by atoms with E-state index < -0.39 is 0 Å². The molecule has 0 saturated carbocycles. The van der Waals surface area contributed by atoms with E-state index in [2.05, 4.69) is 254 Å². The molecule has 0 heterocycles. The first kappa shape index (κ1) is 37.7. The quantitative estimate of drug-likeness (QED) is 0.148. The molecule has 0 aliphatic heterocycles. The first-order valence-electron chi connectivity index (χ1n) is 22.5. The van der Waals surface area contributed by atoms with E-state index in [4.69, 9.17) is 0 Å². The van der Waals surface area contributed by atoms with Gasteiger partial charge in [-0.3, -0.25) is 0 Å². The van der Waals surface area contributed by atoms with Crippen molar-refractivity contribution in [2.45, 2.75) is 18.8 Å². The Balaban J connectivity index is 1.05. The largest absolute Gasteiger partial charge is 0.310 e. The van der Waals surface area contributed by atoms with Gasteiger partial charge in [0.2, 0.25) is 0 Å². The van der Waals surface area contributed by atoms with Gasteiger partial charge in [-0.15, -0.1) is 0 Å². The number of hydrogen-bond acceptors (Lipinski definition) is 1. The van der Waals surface area contributed by atoms with Crippen molar-refractivity contribution >= 4 is 49.4 Å². The predicted molar refractivity (Wildman–Crippen MR) is 272 cm³/mol. The van der Waals surface area contributed by atoms with Gasteiger partial charge in [-0.1, -0.05) is 219 Å². The number of anilines is 3. The standard InChI is InChI=1S/C63H45N/c1-2-63(58-32-15-22-45-19-5-8-25-54(45)58)59-31-11-9-27-57(59)62-56(30-16-33-60(62)63)55-26-10-12-34-61(55)64(48-39-35-46(36-40-48)52-28-13-20-43-17-3-6-23-50(43)52)49-41-37-47(38-42-49)53-29-14-21-44-18-4-7-24-51(44)53/h3-42H,2H2,1H3. The average molecular weight is 816 g/mol. The van der Waals surface area contributed by atoms with Crippen LogP contribution in [0.25, 0.3) is 76.8 Å². The highest BCUT2D eigenvalue weighted by Crippen LogP contribution is 2.58. The van der Waals surface area contributed by atoms with Gasteiger partial charge in [-0.05, 0) is 125 Å².